The normalized spacial score (nSPS) is 15.1. The molecule has 0 heterocycles. The number of hydrogen-bond donors (Lipinski definition) is 1. The van der Waals surface area contributed by atoms with Gasteiger partial charge in [0.05, 0.1) is 6.10 Å². The molecule has 84 valence electrons. The predicted octanol–water partition coefficient (Wildman–Crippen LogP) is 2.91. The highest BCUT2D eigenvalue weighted by Gasteiger charge is 2.13. The van der Waals surface area contributed by atoms with Gasteiger partial charge >= 0.3 is 0 Å². The molecule has 2 heteroatoms. The van der Waals surface area contributed by atoms with Crippen molar-refractivity contribution in [1.29, 1.82) is 0 Å². The number of aliphatic hydroxyl groups excluding tert-OH is 1. The first-order chi connectivity index (χ1) is 6.76. The first kappa shape index (κ1) is 13.7. The fourth-order valence-electron chi connectivity index (χ4n) is 1.53. The molecule has 0 bridgehead atoms. The second-order valence-corrected chi connectivity index (χ2v) is 3.71. The molecule has 0 rings (SSSR count). The fraction of sp³-hybridized carbons (Fsp3) is 0.833. The topological polar surface area (TPSA) is 29.5 Å². The standard InChI is InChI=1S/C12H24O2/c1-4-6-7-8-9-10-11(13)12(5-2)14-3/h5,11-13H,2,4,6-10H2,1,3H3/t11-,12-/m0/s1. The van der Waals surface area contributed by atoms with Gasteiger partial charge < -0.3 is 9.84 Å². The molecule has 0 aliphatic heterocycles. The Morgan fingerprint density at radius 2 is 1.93 bits per heavy atom. The van der Waals surface area contributed by atoms with E-state index in [2.05, 4.69) is 13.5 Å². The molecule has 0 saturated heterocycles. The molecule has 0 aromatic carbocycles. The molecule has 0 saturated carbocycles. The van der Waals surface area contributed by atoms with Crippen molar-refractivity contribution >= 4 is 0 Å². The van der Waals surface area contributed by atoms with Crippen molar-refractivity contribution in [1.82, 2.24) is 0 Å². The van der Waals surface area contributed by atoms with Crippen LogP contribution in [0.5, 0.6) is 0 Å². The summed E-state index contributed by atoms with van der Waals surface area (Å²) in [5, 5.41) is 9.67. The summed E-state index contributed by atoms with van der Waals surface area (Å²) < 4.78 is 5.07. The Bertz CT molecular complexity index is 134. The van der Waals surface area contributed by atoms with Crippen LogP contribution in [0, 0.1) is 0 Å². The Hall–Kier alpha value is -0.340. The van der Waals surface area contributed by atoms with Crippen LogP contribution in [0.25, 0.3) is 0 Å². The van der Waals surface area contributed by atoms with Crippen molar-refractivity contribution in [2.75, 3.05) is 7.11 Å². The molecule has 2 nitrogen and oxygen atoms in total. The summed E-state index contributed by atoms with van der Waals surface area (Å²) in [6, 6.07) is 0. The number of rotatable bonds is 9. The maximum atomic E-state index is 9.67. The summed E-state index contributed by atoms with van der Waals surface area (Å²) >= 11 is 0. The lowest BCUT2D eigenvalue weighted by molar-refractivity contribution is 0.0117. The van der Waals surface area contributed by atoms with E-state index in [1.165, 1.54) is 25.7 Å². The smallest absolute Gasteiger partial charge is 0.101 e. The van der Waals surface area contributed by atoms with Gasteiger partial charge in [-0.3, -0.25) is 0 Å². The second-order valence-electron chi connectivity index (χ2n) is 3.71. The van der Waals surface area contributed by atoms with Crippen LogP contribution in [0.4, 0.5) is 0 Å². The summed E-state index contributed by atoms with van der Waals surface area (Å²) in [6.07, 6.45) is 7.99. The summed E-state index contributed by atoms with van der Waals surface area (Å²) in [4.78, 5) is 0. The van der Waals surface area contributed by atoms with Crippen LogP contribution < -0.4 is 0 Å². The maximum absolute atomic E-state index is 9.67. The van der Waals surface area contributed by atoms with E-state index in [0.29, 0.717) is 0 Å². The molecule has 0 fully saturated rings. The summed E-state index contributed by atoms with van der Waals surface area (Å²) in [5.74, 6) is 0. The monoisotopic (exact) mass is 200 g/mol. The van der Waals surface area contributed by atoms with Crippen molar-refractivity contribution in [3.05, 3.63) is 12.7 Å². The van der Waals surface area contributed by atoms with Gasteiger partial charge in [0, 0.05) is 7.11 Å². The Kier molecular flexibility index (Phi) is 9.00. The van der Waals surface area contributed by atoms with Gasteiger partial charge in [-0.15, -0.1) is 6.58 Å². The summed E-state index contributed by atoms with van der Waals surface area (Å²) in [5.41, 5.74) is 0. The van der Waals surface area contributed by atoms with Gasteiger partial charge in [-0.05, 0) is 6.42 Å². The van der Waals surface area contributed by atoms with Crippen LogP contribution >= 0.6 is 0 Å². The van der Waals surface area contributed by atoms with E-state index in [-0.39, 0.29) is 12.2 Å². The minimum absolute atomic E-state index is 0.207. The Balaban J connectivity index is 3.42. The van der Waals surface area contributed by atoms with E-state index in [0.717, 1.165) is 12.8 Å². The molecule has 0 amide bonds. The molecule has 0 aliphatic rings. The van der Waals surface area contributed by atoms with Gasteiger partial charge in [0.15, 0.2) is 0 Å². The third-order valence-corrected chi connectivity index (χ3v) is 2.49. The molecule has 0 aromatic heterocycles. The number of unbranched alkanes of at least 4 members (excludes halogenated alkanes) is 4. The molecule has 1 N–H and O–H groups in total. The number of methoxy groups -OCH3 is 1. The van der Waals surface area contributed by atoms with E-state index < -0.39 is 0 Å². The average Bonchev–Trinajstić information content (AvgIpc) is 2.19. The van der Waals surface area contributed by atoms with Gasteiger partial charge in [-0.25, -0.2) is 0 Å². The van der Waals surface area contributed by atoms with Crippen LogP contribution in [0.15, 0.2) is 12.7 Å². The largest absolute Gasteiger partial charge is 0.390 e. The highest BCUT2D eigenvalue weighted by atomic mass is 16.5. The van der Waals surface area contributed by atoms with Gasteiger partial charge in [-0.1, -0.05) is 45.1 Å². The Morgan fingerprint density at radius 3 is 2.43 bits per heavy atom. The fourth-order valence-corrected chi connectivity index (χ4v) is 1.53. The molecule has 0 aliphatic carbocycles. The molecule has 0 unspecified atom stereocenters. The highest BCUT2D eigenvalue weighted by molar-refractivity contribution is 4.85. The van der Waals surface area contributed by atoms with E-state index in [4.69, 9.17) is 4.74 Å². The molecule has 0 radical (unpaired) electrons. The number of ether oxygens (including phenoxy) is 1. The minimum Gasteiger partial charge on any atom is -0.390 e. The SMILES string of the molecule is C=C[C@H](OC)[C@@H](O)CCCCCCC. The van der Waals surface area contributed by atoms with Gasteiger partial charge in [0.2, 0.25) is 0 Å². The van der Waals surface area contributed by atoms with E-state index >= 15 is 0 Å². The second kappa shape index (κ2) is 9.22. The number of hydrogen-bond acceptors (Lipinski definition) is 2. The zero-order valence-corrected chi connectivity index (χ0v) is 9.54. The third kappa shape index (κ3) is 6.17. The lowest BCUT2D eigenvalue weighted by atomic mass is 10.0. The van der Waals surface area contributed by atoms with Crippen LogP contribution in [0.3, 0.4) is 0 Å². The molecule has 2 atom stereocenters. The molecular weight excluding hydrogens is 176 g/mol. The first-order valence-corrected chi connectivity index (χ1v) is 5.59. The van der Waals surface area contributed by atoms with Crippen LogP contribution in [0.1, 0.15) is 45.4 Å². The Labute approximate surface area is 88.0 Å². The quantitative estimate of drug-likeness (QED) is 0.458. The average molecular weight is 200 g/mol. The minimum atomic E-state index is -0.390. The van der Waals surface area contributed by atoms with Crippen molar-refractivity contribution in [3.63, 3.8) is 0 Å². The zero-order valence-electron chi connectivity index (χ0n) is 9.54. The maximum Gasteiger partial charge on any atom is 0.101 e. The van der Waals surface area contributed by atoms with Crippen LogP contribution in [0.2, 0.25) is 0 Å². The van der Waals surface area contributed by atoms with Crippen molar-refractivity contribution in [3.8, 4) is 0 Å². The highest BCUT2D eigenvalue weighted by Crippen LogP contribution is 2.11. The Morgan fingerprint density at radius 1 is 1.29 bits per heavy atom. The third-order valence-electron chi connectivity index (χ3n) is 2.49. The lowest BCUT2D eigenvalue weighted by Crippen LogP contribution is -2.25. The molecule has 0 aromatic rings. The van der Waals surface area contributed by atoms with Gasteiger partial charge in [-0.2, -0.15) is 0 Å². The van der Waals surface area contributed by atoms with Gasteiger partial charge in [0.1, 0.15) is 6.10 Å². The predicted molar refractivity (Wildman–Crippen MR) is 60.4 cm³/mol. The van der Waals surface area contributed by atoms with Crippen LogP contribution in [-0.2, 0) is 4.74 Å². The van der Waals surface area contributed by atoms with E-state index in [1.54, 1.807) is 13.2 Å². The molecular formula is C12H24O2. The lowest BCUT2D eigenvalue weighted by Gasteiger charge is -2.17. The van der Waals surface area contributed by atoms with Crippen molar-refractivity contribution < 1.29 is 9.84 Å². The zero-order chi connectivity index (χ0) is 10.8. The van der Waals surface area contributed by atoms with E-state index in [1.807, 2.05) is 0 Å². The molecule has 14 heavy (non-hydrogen) atoms. The van der Waals surface area contributed by atoms with Crippen molar-refractivity contribution in [2.24, 2.45) is 0 Å². The van der Waals surface area contributed by atoms with Crippen molar-refractivity contribution in [2.45, 2.75) is 57.7 Å². The molecule has 0 spiro atoms. The summed E-state index contributed by atoms with van der Waals surface area (Å²) in [7, 11) is 1.60. The van der Waals surface area contributed by atoms with E-state index in [9.17, 15) is 5.11 Å². The van der Waals surface area contributed by atoms with Crippen LogP contribution in [-0.4, -0.2) is 24.4 Å². The van der Waals surface area contributed by atoms with Gasteiger partial charge in [0.25, 0.3) is 0 Å². The number of aliphatic hydroxyl groups is 1. The summed E-state index contributed by atoms with van der Waals surface area (Å²) in [6.45, 7) is 5.83. The first-order valence-electron chi connectivity index (χ1n) is 5.59.